The largest absolute Gasteiger partial charge is 0.317 e. The highest BCUT2D eigenvalue weighted by Crippen LogP contribution is 2.16. The van der Waals surface area contributed by atoms with Crippen LogP contribution in [0.4, 0.5) is 0 Å². The van der Waals surface area contributed by atoms with Crippen molar-refractivity contribution in [3.05, 3.63) is 0 Å². The van der Waals surface area contributed by atoms with Gasteiger partial charge in [-0.3, -0.25) is 0 Å². The van der Waals surface area contributed by atoms with E-state index in [2.05, 4.69) is 26.1 Å². The third-order valence-electron chi connectivity index (χ3n) is 3.78. The predicted octanol–water partition coefficient (Wildman–Crippen LogP) is 5.54. The Kier molecular flexibility index (Phi) is 15.0. The molecule has 0 aromatic carbocycles. The summed E-state index contributed by atoms with van der Waals surface area (Å²) in [5.41, 5.74) is 0. The Morgan fingerprint density at radius 3 is 1.94 bits per heavy atom. The summed E-state index contributed by atoms with van der Waals surface area (Å²) in [5.74, 6) is 0.934. The monoisotopic (exact) mass is 255 g/mol. The highest BCUT2D eigenvalue weighted by atomic mass is 14.8. The molecule has 0 aromatic heterocycles. The van der Waals surface area contributed by atoms with Crippen molar-refractivity contribution >= 4 is 0 Å². The first-order valence-electron chi connectivity index (χ1n) is 8.52. The molecule has 0 amide bonds. The van der Waals surface area contributed by atoms with E-state index in [1.54, 1.807) is 0 Å². The van der Waals surface area contributed by atoms with Crippen molar-refractivity contribution in [3.8, 4) is 0 Å². The molecule has 0 aliphatic heterocycles. The molecule has 0 aliphatic rings. The molecule has 1 unspecified atom stereocenters. The van der Waals surface area contributed by atoms with E-state index in [4.69, 9.17) is 0 Å². The van der Waals surface area contributed by atoms with Gasteiger partial charge in [0.25, 0.3) is 0 Å². The standard InChI is InChI=1S/C17H37N/c1-4-6-7-8-9-10-11-13-17(3)14-12-16-18-15-5-2/h17-18H,4-16H2,1-3H3. The van der Waals surface area contributed by atoms with Crippen LogP contribution in [-0.2, 0) is 0 Å². The van der Waals surface area contributed by atoms with Gasteiger partial charge in [-0.05, 0) is 38.3 Å². The second-order valence-electron chi connectivity index (χ2n) is 5.91. The van der Waals surface area contributed by atoms with E-state index >= 15 is 0 Å². The van der Waals surface area contributed by atoms with Crippen LogP contribution in [0.25, 0.3) is 0 Å². The zero-order valence-electron chi connectivity index (χ0n) is 13.3. The van der Waals surface area contributed by atoms with Gasteiger partial charge in [-0.25, -0.2) is 0 Å². The first kappa shape index (κ1) is 18.0. The van der Waals surface area contributed by atoms with Crippen molar-refractivity contribution in [2.24, 2.45) is 5.92 Å². The molecule has 0 saturated heterocycles. The maximum atomic E-state index is 3.49. The SMILES string of the molecule is CCCCCCCCCC(C)CCCNCCC. The zero-order chi connectivity index (χ0) is 13.5. The molecule has 0 radical (unpaired) electrons. The molecular formula is C17H37N. The highest BCUT2D eigenvalue weighted by molar-refractivity contribution is 4.56. The minimum atomic E-state index is 0.934. The van der Waals surface area contributed by atoms with Crippen LogP contribution >= 0.6 is 0 Å². The summed E-state index contributed by atoms with van der Waals surface area (Å²) < 4.78 is 0. The molecule has 18 heavy (non-hydrogen) atoms. The van der Waals surface area contributed by atoms with E-state index in [1.165, 1.54) is 83.7 Å². The number of rotatable bonds is 14. The molecule has 1 N–H and O–H groups in total. The van der Waals surface area contributed by atoms with Gasteiger partial charge in [-0.2, -0.15) is 0 Å². The summed E-state index contributed by atoms with van der Waals surface area (Å²) in [7, 11) is 0. The van der Waals surface area contributed by atoms with Crippen molar-refractivity contribution in [2.75, 3.05) is 13.1 Å². The van der Waals surface area contributed by atoms with Crippen LogP contribution < -0.4 is 5.32 Å². The van der Waals surface area contributed by atoms with Crippen LogP contribution in [0, 0.1) is 5.92 Å². The lowest BCUT2D eigenvalue weighted by atomic mass is 9.97. The Morgan fingerprint density at radius 1 is 0.667 bits per heavy atom. The second kappa shape index (κ2) is 15.0. The number of nitrogens with one attached hydrogen (secondary N) is 1. The van der Waals surface area contributed by atoms with Gasteiger partial charge < -0.3 is 5.32 Å². The van der Waals surface area contributed by atoms with Gasteiger partial charge in [0.1, 0.15) is 0 Å². The molecule has 0 bridgehead atoms. The second-order valence-corrected chi connectivity index (χ2v) is 5.91. The molecule has 0 aliphatic carbocycles. The molecule has 1 nitrogen and oxygen atoms in total. The van der Waals surface area contributed by atoms with Crippen LogP contribution in [0.15, 0.2) is 0 Å². The summed E-state index contributed by atoms with van der Waals surface area (Å²) in [4.78, 5) is 0. The van der Waals surface area contributed by atoms with E-state index in [1.807, 2.05) is 0 Å². The molecule has 0 rings (SSSR count). The van der Waals surface area contributed by atoms with Gasteiger partial charge in [0.2, 0.25) is 0 Å². The van der Waals surface area contributed by atoms with Crippen LogP contribution in [-0.4, -0.2) is 13.1 Å². The number of hydrogen-bond acceptors (Lipinski definition) is 1. The Hall–Kier alpha value is -0.0400. The van der Waals surface area contributed by atoms with Crippen LogP contribution in [0.2, 0.25) is 0 Å². The molecule has 1 heteroatoms. The van der Waals surface area contributed by atoms with Crippen molar-refractivity contribution in [1.29, 1.82) is 0 Å². The third-order valence-corrected chi connectivity index (χ3v) is 3.78. The molecule has 1 atom stereocenters. The molecular weight excluding hydrogens is 218 g/mol. The lowest BCUT2D eigenvalue weighted by Gasteiger charge is -2.11. The van der Waals surface area contributed by atoms with Crippen molar-refractivity contribution in [1.82, 2.24) is 5.32 Å². The zero-order valence-corrected chi connectivity index (χ0v) is 13.3. The van der Waals surface area contributed by atoms with Gasteiger partial charge >= 0.3 is 0 Å². The molecule has 110 valence electrons. The van der Waals surface area contributed by atoms with Crippen LogP contribution in [0.5, 0.6) is 0 Å². The van der Waals surface area contributed by atoms with E-state index in [-0.39, 0.29) is 0 Å². The number of hydrogen-bond donors (Lipinski definition) is 1. The lowest BCUT2D eigenvalue weighted by Crippen LogP contribution is -2.16. The first-order chi connectivity index (χ1) is 8.81. The van der Waals surface area contributed by atoms with Gasteiger partial charge in [-0.1, -0.05) is 72.1 Å². The quantitative estimate of drug-likeness (QED) is 0.402. The Bertz CT molecular complexity index is 145. The molecule has 0 spiro atoms. The van der Waals surface area contributed by atoms with Crippen molar-refractivity contribution in [3.63, 3.8) is 0 Å². The van der Waals surface area contributed by atoms with Crippen molar-refractivity contribution < 1.29 is 0 Å². The average molecular weight is 255 g/mol. The predicted molar refractivity (Wildman–Crippen MR) is 84.2 cm³/mol. The number of unbranched alkanes of at least 4 members (excludes halogenated alkanes) is 6. The smallest absolute Gasteiger partial charge is 0.00488 e. The van der Waals surface area contributed by atoms with Crippen LogP contribution in [0.1, 0.15) is 91.4 Å². The van der Waals surface area contributed by atoms with E-state index in [0.29, 0.717) is 0 Å². The molecule has 0 aromatic rings. The fraction of sp³-hybridized carbons (Fsp3) is 1.00. The fourth-order valence-corrected chi connectivity index (χ4v) is 2.47. The van der Waals surface area contributed by atoms with E-state index in [9.17, 15) is 0 Å². The summed E-state index contributed by atoms with van der Waals surface area (Å²) in [6, 6.07) is 0. The molecule has 0 heterocycles. The summed E-state index contributed by atoms with van der Waals surface area (Å²) in [5, 5.41) is 3.49. The Balaban J connectivity index is 3.09. The summed E-state index contributed by atoms with van der Waals surface area (Å²) >= 11 is 0. The van der Waals surface area contributed by atoms with E-state index in [0.717, 1.165) is 5.92 Å². The molecule has 0 fully saturated rings. The fourth-order valence-electron chi connectivity index (χ4n) is 2.47. The van der Waals surface area contributed by atoms with Gasteiger partial charge in [0, 0.05) is 0 Å². The maximum absolute atomic E-state index is 3.49. The maximum Gasteiger partial charge on any atom is -0.00488 e. The first-order valence-corrected chi connectivity index (χ1v) is 8.52. The summed E-state index contributed by atoms with van der Waals surface area (Å²) in [6.07, 6.45) is 15.6. The normalized spacial score (nSPS) is 12.8. The third kappa shape index (κ3) is 14.0. The molecule has 0 saturated carbocycles. The van der Waals surface area contributed by atoms with Crippen molar-refractivity contribution in [2.45, 2.75) is 91.4 Å². The Morgan fingerprint density at radius 2 is 1.28 bits per heavy atom. The summed E-state index contributed by atoms with van der Waals surface area (Å²) in [6.45, 7) is 9.35. The van der Waals surface area contributed by atoms with Crippen LogP contribution in [0.3, 0.4) is 0 Å². The van der Waals surface area contributed by atoms with Gasteiger partial charge in [0.05, 0.1) is 0 Å². The Labute approximate surface area is 116 Å². The highest BCUT2D eigenvalue weighted by Gasteiger charge is 2.01. The van der Waals surface area contributed by atoms with Gasteiger partial charge in [-0.15, -0.1) is 0 Å². The minimum Gasteiger partial charge on any atom is -0.317 e. The van der Waals surface area contributed by atoms with Gasteiger partial charge in [0.15, 0.2) is 0 Å². The topological polar surface area (TPSA) is 12.0 Å². The average Bonchev–Trinajstić information content (AvgIpc) is 2.37. The lowest BCUT2D eigenvalue weighted by molar-refractivity contribution is 0.436. The minimum absolute atomic E-state index is 0.934. The van der Waals surface area contributed by atoms with E-state index < -0.39 is 0 Å².